The van der Waals surface area contributed by atoms with E-state index in [0.29, 0.717) is 23.5 Å². The molecule has 0 spiro atoms. The lowest BCUT2D eigenvalue weighted by atomic mass is 9.77. The maximum Gasteiger partial charge on any atom is 0.339 e. The summed E-state index contributed by atoms with van der Waals surface area (Å²) in [5.74, 6) is -0.105. The summed E-state index contributed by atoms with van der Waals surface area (Å²) in [5.41, 5.74) is -1.80. The molecule has 0 N–H and O–H groups in total. The first-order chi connectivity index (χ1) is 17.0. The van der Waals surface area contributed by atoms with Crippen LogP contribution in [0, 0.1) is 6.92 Å². The van der Waals surface area contributed by atoms with E-state index in [-0.39, 0.29) is 6.10 Å². The predicted molar refractivity (Wildman–Crippen MR) is 132 cm³/mol. The van der Waals surface area contributed by atoms with Gasteiger partial charge in [0.15, 0.2) is 12.2 Å². The Morgan fingerprint density at radius 1 is 1.03 bits per heavy atom. The van der Waals surface area contributed by atoms with Crippen LogP contribution in [0.1, 0.15) is 52.4 Å². The first-order valence-corrected chi connectivity index (χ1v) is 11.9. The van der Waals surface area contributed by atoms with Crippen molar-refractivity contribution in [2.24, 2.45) is 0 Å². The van der Waals surface area contributed by atoms with Crippen LogP contribution < -0.4 is 10.4 Å². The SMILES string of the molecule is CCC1OC2(C)C(OC(C)=O)C(C=CC=CC=Cc3oc(=O)cc(OC)c3C)OC1(C)C2OC(C)=O. The first-order valence-electron chi connectivity index (χ1n) is 11.9. The smallest absolute Gasteiger partial charge is 0.339 e. The van der Waals surface area contributed by atoms with E-state index < -0.39 is 47.1 Å². The summed E-state index contributed by atoms with van der Waals surface area (Å²) in [7, 11) is 1.49. The Labute approximate surface area is 210 Å². The Morgan fingerprint density at radius 3 is 2.31 bits per heavy atom. The molecule has 0 aromatic carbocycles. The molecule has 0 amide bonds. The topological polar surface area (TPSA) is 111 Å². The van der Waals surface area contributed by atoms with Gasteiger partial charge in [0.2, 0.25) is 0 Å². The molecule has 2 bridgehead atoms. The van der Waals surface area contributed by atoms with Gasteiger partial charge >= 0.3 is 17.6 Å². The van der Waals surface area contributed by atoms with Gasteiger partial charge in [-0.2, -0.15) is 0 Å². The minimum atomic E-state index is -1.09. The average Bonchev–Trinajstić information content (AvgIpc) is 2.96. The normalized spacial score (nSPS) is 31.9. The highest BCUT2D eigenvalue weighted by molar-refractivity contribution is 5.67. The summed E-state index contributed by atoms with van der Waals surface area (Å²) in [6.07, 6.45) is 8.48. The second-order valence-corrected chi connectivity index (χ2v) is 9.24. The molecular formula is C27H34O9. The van der Waals surface area contributed by atoms with Gasteiger partial charge in [-0.15, -0.1) is 0 Å². The molecule has 2 aliphatic heterocycles. The highest BCUT2D eigenvalue weighted by atomic mass is 16.7. The summed E-state index contributed by atoms with van der Waals surface area (Å²) in [4.78, 5) is 35.5. The van der Waals surface area contributed by atoms with Crippen LogP contribution in [0.15, 0.2) is 45.7 Å². The number of rotatable bonds is 8. The molecule has 0 radical (unpaired) electrons. The summed E-state index contributed by atoms with van der Waals surface area (Å²) in [6.45, 7) is 10.0. The molecule has 9 heteroatoms. The van der Waals surface area contributed by atoms with Gasteiger partial charge in [-0.05, 0) is 33.3 Å². The first kappa shape index (κ1) is 27.4. The molecule has 6 unspecified atom stereocenters. The van der Waals surface area contributed by atoms with Crippen molar-refractivity contribution < 1.29 is 37.7 Å². The van der Waals surface area contributed by atoms with Gasteiger partial charge in [0.05, 0.1) is 19.3 Å². The largest absolute Gasteiger partial charge is 0.496 e. The van der Waals surface area contributed by atoms with E-state index in [1.54, 1.807) is 50.3 Å². The van der Waals surface area contributed by atoms with Crippen LogP contribution in [0.25, 0.3) is 6.08 Å². The summed E-state index contributed by atoms with van der Waals surface area (Å²) >= 11 is 0. The fourth-order valence-electron chi connectivity index (χ4n) is 5.02. The van der Waals surface area contributed by atoms with Crippen LogP contribution in [-0.4, -0.2) is 54.7 Å². The minimum absolute atomic E-state index is 0.359. The third-order valence-corrected chi connectivity index (χ3v) is 6.58. The van der Waals surface area contributed by atoms with E-state index in [0.717, 1.165) is 0 Å². The van der Waals surface area contributed by atoms with Crippen molar-refractivity contribution in [1.29, 1.82) is 0 Å². The van der Waals surface area contributed by atoms with Crippen molar-refractivity contribution in [3.8, 4) is 5.75 Å². The molecule has 36 heavy (non-hydrogen) atoms. The van der Waals surface area contributed by atoms with Gasteiger partial charge < -0.3 is 28.1 Å². The van der Waals surface area contributed by atoms with Crippen molar-refractivity contribution in [1.82, 2.24) is 0 Å². The van der Waals surface area contributed by atoms with Crippen LogP contribution >= 0.6 is 0 Å². The highest BCUT2D eigenvalue weighted by Gasteiger charge is 2.71. The Balaban J connectivity index is 1.83. The minimum Gasteiger partial charge on any atom is -0.496 e. The van der Waals surface area contributed by atoms with Gasteiger partial charge in [0.1, 0.15) is 28.8 Å². The zero-order valence-electron chi connectivity index (χ0n) is 21.7. The molecule has 196 valence electrons. The third-order valence-electron chi connectivity index (χ3n) is 6.58. The number of ether oxygens (including phenoxy) is 5. The second-order valence-electron chi connectivity index (χ2n) is 9.24. The molecular weight excluding hydrogens is 468 g/mol. The fourth-order valence-corrected chi connectivity index (χ4v) is 5.02. The van der Waals surface area contributed by atoms with Gasteiger partial charge in [0.25, 0.3) is 0 Å². The predicted octanol–water partition coefficient (Wildman–Crippen LogP) is 3.67. The van der Waals surface area contributed by atoms with Crippen molar-refractivity contribution in [3.63, 3.8) is 0 Å². The van der Waals surface area contributed by atoms with Crippen LogP contribution in [0.2, 0.25) is 0 Å². The number of hydrogen-bond acceptors (Lipinski definition) is 9. The number of carbonyl (C=O) groups excluding carboxylic acids is 2. The average molecular weight is 503 g/mol. The van der Waals surface area contributed by atoms with E-state index in [4.69, 9.17) is 28.1 Å². The molecule has 6 atom stereocenters. The monoisotopic (exact) mass is 502 g/mol. The van der Waals surface area contributed by atoms with Crippen molar-refractivity contribution in [3.05, 3.63) is 58.2 Å². The molecule has 1 aromatic rings. The number of esters is 2. The molecule has 2 saturated heterocycles. The van der Waals surface area contributed by atoms with E-state index >= 15 is 0 Å². The summed E-state index contributed by atoms with van der Waals surface area (Å²) in [5, 5.41) is 0. The second kappa shape index (κ2) is 10.8. The zero-order valence-corrected chi connectivity index (χ0v) is 21.7. The summed E-state index contributed by atoms with van der Waals surface area (Å²) < 4.78 is 34.4. The molecule has 3 heterocycles. The van der Waals surface area contributed by atoms with Gasteiger partial charge in [-0.1, -0.05) is 37.3 Å². The van der Waals surface area contributed by atoms with E-state index in [1.165, 1.54) is 27.0 Å². The van der Waals surface area contributed by atoms with Crippen LogP contribution in [0.4, 0.5) is 0 Å². The number of hydrogen-bond donors (Lipinski definition) is 0. The highest BCUT2D eigenvalue weighted by Crippen LogP contribution is 2.52. The van der Waals surface area contributed by atoms with E-state index in [9.17, 15) is 14.4 Å². The third kappa shape index (κ3) is 5.32. The number of fused-ring (bicyclic) bond motifs is 2. The molecule has 3 rings (SSSR count). The lowest BCUT2D eigenvalue weighted by Crippen LogP contribution is -2.66. The van der Waals surface area contributed by atoms with Gasteiger partial charge in [-0.25, -0.2) is 4.79 Å². The van der Waals surface area contributed by atoms with Gasteiger partial charge in [-0.3, -0.25) is 9.59 Å². The molecule has 2 fully saturated rings. The van der Waals surface area contributed by atoms with Crippen molar-refractivity contribution in [2.45, 2.75) is 83.6 Å². The number of carbonyl (C=O) groups is 2. The summed E-state index contributed by atoms with van der Waals surface area (Å²) in [6, 6.07) is 1.29. The zero-order chi connectivity index (χ0) is 26.7. The Kier molecular flexibility index (Phi) is 8.26. The van der Waals surface area contributed by atoms with Crippen LogP contribution in [0.3, 0.4) is 0 Å². The lowest BCUT2D eigenvalue weighted by Gasteiger charge is -2.48. The molecule has 9 nitrogen and oxygen atoms in total. The van der Waals surface area contributed by atoms with E-state index in [1.807, 2.05) is 13.8 Å². The Hall–Kier alpha value is -3.17. The standard InChI is InChI=1S/C27H34O9/c1-8-22-26(5)25(33-18(4)29)27(6,36-22)24(32-17(3)28)20(35-26)14-12-10-9-11-13-19-16(2)21(31-7)15-23(30)34-19/h9-15,20,22,24-25H,8H2,1-7H3. The molecule has 1 aromatic heterocycles. The lowest BCUT2D eigenvalue weighted by molar-refractivity contribution is -0.243. The maximum absolute atomic E-state index is 12.0. The Morgan fingerprint density at radius 2 is 1.69 bits per heavy atom. The molecule has 0 aliphatic carbocycles. The van der Waals surface area contributed by atoms with Crippen LogP contribution in [-0.2, 0) is 28.5 Å². The van der Waals surface area contributed by atoms with Crippen molar-refractivity contribution >= 4 is 18.0 Å². The van der Waals surface area contributed by atoms with Crippen LogP contribution in [0.5, 0.6) is 5.75 Å². The van der Waals surface area contributed by atoms with Gasteiger partial charge in [0, 0.05) is 19.4 Å². The fraction of sp³-hybridized carbons (Fsp3) is 0.519. The van der Waals surface area contributed by atoms with Crippen molar-refractivity contribution in [2.75, 3.05) is 7.11 Å². The number of methoxy groups -OCH3 is 1. The molecule has 0 saturated carbocycles. The molecule has 2 aliphatic rings. The maximum atomic E-state index is 12.0. The quantitative estimate of drug-likeness (QED) is 0.388. The van der Waals surface area contributed by atoms with E-state index in [2.05, 4.69) is 0 Å². The Bertz CT molecular complexity index is 1130. The number of allylic oxidation sites excluding steroid dienone is 4.